The summed E-state index contributed by atoms with van der Waals surface area (Å²) in [6, 6.07) is 5.43. The van der Waals surface area contributed by atoms with Gasteiger partial charge in [0.15, 0.2) is 11.5 Å². The Kier molecular flexibility index (Phi) is 2.68. The summed E-state index contributed by atoms with van der Waals surface area (Å²) in [5, 5.41) is 2.45. The van der Waals surface area contributed by atoms with E-state index >= 15 is 0 Å². The molecule has 1 N–H and O–H groups in total. The lowest BCUT2D eigenvalue weighted by Crippen LogP contribution is -2.23. The predicted molar refractivity (Wildman–Crippen MR) is 56.7 cm³/mol. The van der Waals surface area contributed by atoms with Crippen molar-refractivity contribution in [3.8, 4) is 0 Å². The second-order valence-electron chi connectivity index (χ2n) is 3.37. The number of nitrogens with zero attached hydrogens (tertiary/aromatic N) is 1. The van der Waals surface area contributed by atoms with E-state index in [1.54, 1.807) is 13.0 Å². The number of aromatic nitrogens is 1. The van der Waals surface area contributed by atoms with E-state index in [2.05, 4.69) is 10.3 Å². The molecule has 0 bridgehead atoms. The lowest BCUT2D eigenvalue weighted by atomic mass is 10.2. The molecule has 0 saturated heterocycles. The van der Waals surface area contributed by atoms with Crippen molar-refractivity contribution in [2.45, 2.75) is 13.5 Å². The van der Waals surface area contributed by atoms with Gasteiger partial charge in [0.2, 0.25) is 6.29 Å². The first kappa shape index (κ1) is 10.4. The molecule has 1 heterocycles. The first-order chi connectivity index (χ1) is 7.69. The molecule has 0 aliphatic rings. The Morgan fingerprint density at radius 1 is 1.56 bits per heavy atom. The van der Waals surface area contributed by atoms with Gasteiger partial charge in [0.05, 0.1) is 0 Å². The van der Waals surface area contributed by atoms with E-state index in [-0.39, 0.29) is 6.29 Å². The number of benzene rings is 1. The van der Waals surface area contributed by atoms with E-state index < -0.39 is 5.91 Å². The first-order valence-corrected chi connectivity index (χ1v) is 4.78. The van der Waals surface area contributed by atoms with Gasteiger partial charge in [0.25, 0.3) is 5.91 Å². The number of carbonyl (C=O) groups is 2. The van der Waals surface area contributed by atoms with Crippen LogP contribution < -0.4 is 5.32 Å². The Balaban J connectivity index is 2.19. The summed E-state index contributed by atoms with van der Waals surface area (Å²) in [5.74, 6) is -0.0297. The smallest absolute Gasteiger partial charge is 0.284 e. The third-order valence-electron chi connectivity index (χ3n) is 2.13. The van der Waals surface area contributed by atoms with E-state index in [1.807, 2.05) is 12.1 Å². The molecule has 2 rings (SSSR count). The lowest BCUT2D eigenvalue weighted by molar-refractivity contribution is -0.131. The first-order valence-electron chi connectivity index (χ1n) is 4.78. The molecule has 5 heteroatoms. The Bertz CT molecular complexity index is 545. The number of oxazole rings is 1. The van der Waals surface area contributed by atoms with E-state index in [9.17, 15) is 9.59 Å². The summed E-state index contributed by atoms with van der Waals surface area (Å²) in [6.45, 7) is 2.07. The molecule has 16 heavy (non-hydrogen) atoms. The van der Waals surface area contributed by atoms with Crippen LogP contribution >= 0.6 is 0 Å². The van der Waals surface area contributed by atoms with Gasteiger partial charge in [-0.1, -0.05) is 6.07 Å². The summed E-state index contributed by atoms with van der Waals surface area (Å²) in [5.41, 5.74) is 2.32. The van der Waals surface area contributed by atoms with Gasteiger partial charge in [-0.15, -0.1) is 0 Å². The van der Waals surface area contributed by atoms with E-state index in [1.165, 1.54) is 0 Å². The minimum Gasteiger partial charge on any atom is -0.441 e. The Morgan fingerprint density at radius 2 is 2.38 bits per heavy atom. The van der Waals surface area contributed by atoms with Gasteiger partial charge in [-0.05, 0) is 17.7 Å². The normalized spacial score (nSPS) is 10.3. The van der Waals surface area contributed by atoms with Crippen molar-refractivity contribution < 1.29 is 14.0 Å². The SMILES string of the molecule is Cc1nc2ccc(CNC(=O)C=O)cc2o1. The maximum atomic E-state index is 10.7. The zero-order valence-corrected chi connectivity index (χ0v) is 8.69. The highest BCUT2D eigenvalue weighted by atomic mass is 16.3. The topological polar surface area (TPSA) is 72.2 Å². The third-order valence-corrected chi connectivity index (χ3v) is 2.13. The van der Waals surface area contributed by atoms with Gasteiger partial charge < -0.3 is 9.73 Å². The molecule has 0 aliphatic carbocycles. The molecule has 1 aromatic carbocycles. The van der Waals surface area contributed by atoms with Gasteiger partial charge in [-0.2, -0.15) is 0 Å². The van der Waals surface area contributed by atoms with Crippen molar-refractivity contribution in [1.82, 2.24) is 10.3 Å². The van der Waals surface area contributed by atoms with Crippen LogP contribution in [0.2, 0.25) is 0 Å². The number of amides is 1. The van der Waals surface area contributed by atoms with Crippen LogP contribution in [0.5, 0.6) is 0 Å². The second-order valence-corrected chi connectivity index (χ2v) is 3.37. The van der Waals surface area contributed by atoms with Gasteiger partial charge in [0, 0.05) is 13.5 Å². The second kappa shape index (κ2) is 4.14. The highest BCUT2D eigenvalue weighted by Crippen LogP contribution is 2.16. The predicted octanol–water partition coefficient (Wildman–Crippen LogP) is 0.951. The average Bonchev–Trinajstić information content (AvgIpc) is 2.65. The quantitative estimate of drug-likeness (QED) is 0.615. The van der Waals surface area contributed by atoms with Crippen LogP contribution in [0.3, 0.4) is 0 Å². The standard InChI is InChI=1S/C11H10N2O3/c1-7-13-9-3-2-8(4-10(9)16-7)5-12-11(15)6-14/h2-4,6H,5H2,1H3,(H,12,15). The number of rotatable bonds is 3. The molecule has 0 aliphatic heterocycles. The molecule has 0 saturated carbocycles. The number of fused-ring (bicyclic) bond motifs is 1. The fourth-order valence-electron chi connectivity index (χ4n) is 1.43. The Hall–Kier alpha value is -2.17. The van der Waals surface area contributed by atoms with Crippen LogP contribution in [0.4, 0.5) is 0 Å². The van der Waals surface area contributed by atoms with E-state index in [4.69, 9.17) is 4.42 Å². The maximum Gasteiger partial charge on any atom is 0.284 e. The maximum absolute atomic E-state index is 10.7. The number of hydrogen-bond donors (Lipinski definition) is 1. The molecular formula is C11H10N2O3. The largest absolute Gasteiger partial charge is 0.441 e. The van der Waals surface area contributed by atoms with Crippen LogP contribution in [0.1, 0.15) is 11.5 Å². The molecule has 5 nitrogen and oxygen atoms in total. The van der Waals surface area contributed by atoms with Crippen molar-refractivity contribution in [3.63, 3.8) is 0 Å². The Morgan fingerprint density at radius 3 is 3.12 bits per heavy atom. The van der Waals surface area contributed by atoms with Crippen LogP contribution in [0.25, 0.3) is 11.1 Å². The number of aldehydes is 1. The minimum atomic E-state index is -0.631. The zero-order chi connectivity index (χ0) is 11.5. The molecular weight excluding hydrogens is 208 g/mol. The van der Waals surface area contributed by atoms with Crippen LogP contribution in [0.15, 0.2) is 22.6 Å². The molecule has 82 valence electrons. The molecule has 0 fully saturated rings. The highest BCUT2D eigenvalue weighted by Gasteiger charge is 2.04. The van der Waals surface area contributed by atoms with Crippen molar-refractivity contribution in [2.24, 2.45) is 0 Å². The summed E-state index contributed by atoms with van der Waals surface area (Å²) < 4.78 is 5.35. The van der Waals surface area contributed by atoms with Gasteiger partial charge >= 0.3 is 0 Å². The van der Waals surface area contributed by atoms with E-state index in [0.717, 1.165) is 11.1 Å². The summed E-state index contributed by atoms with van der Waals surface area (Å²) in [6.07, 6.45) is 0.247. The molecule has 0 radical (unpaired) electrons. The third kappa shape index (κ3) is 2.08. The lowest BCUT2D eigenvalue weighted by Gasteiger charge is -2.00. The minimum absolute atomic E-state index is 0.247. The van der Waals surface area contributed by atoms with Crippen molar-refractivity contribution in [1.29, 1.82) is 0 Å². The molecule has 2 aromatic rings. The van der Waals surface area contributed by atoms with Gasteiger partial charge in [-0.3, -0.25) is 9.59 Å². The zero-order valence-electron chi connectivity index (χ0n) is 8.69. The number of hydrogen-bond acceptors (Lipinski definition) is 4. The van der Waals surface area contributed by atoms with E-state index in [0.29, 0.717) is 18.0 Å². The summed E-state index contributed by atoms with van der Waals surface area (Å²) >= 11 is 0. The highest BCUT2D eigenvalue weighted by molar-refractivity contribution is 6.23. The molecule has 0 unspecified atom stereocenters. The average molecular weight is 218 g/mol. The number of nitrogens with one attached hydrogen (secondary N) is 1. The van der Waals surface area contributed by atoms with Crippen molar-refractivity contribution >= 4 is 23.3 Å². The van der Waals surface area contributed by atoms with Gasteiger partial charge in [-0.25, -0.2) is 4.98 Å². The van der Waals surface area contributed by atoms with Crippen molar-refractivity contribution in [2.75, 3.05) is 0 Å². The number of carbonyl (C=O) groups excluding carboxylic acids is 2. The molecule has 1 aromatic heterocycles. The monoisotopic (exact) mass is 218 g/mol. The molecule has 1 amide bonds. The van der Waals surface area contributed by atoms with Crippen molar-refractivity contribution in [3.05, 3.63) is 29.7 Å². The van der Waals surface area contributed by atoms with Crippen LogP contribution in [-0.4, -0.2) is 17.2 Å². The number of aryl methyl sites for hydroxylation is 1. The Labute approximate surface area is 91.5 Å². The van der Waals surface area contributed by atoms with Gasteiger partial charge in [0.1, 0.15) is 5.52 Å². The fourth-order valence-corrected chi connectivity index (χ4v) is 1.43. The van der Waals surface area contributed by atoms with Crippen LogP contribution in [-0.2, 0) is 16.1 Å². The molecule has 0 spiro atoms. The summed E-state index contributed by atoms with van der Waals surface area (Å²) in [4.78, 5) is 25.0. The molecule has 0 atom stereocenters. The fraction of sp³-hybridized carbons (Fsp3) is 0.182. The summed E-state index contributed by atoms with van der Waals surface area (Å²) in [7, 11) is 0. The van der Waals surface area contributed by atoms with Crippen LogP contribution in [0, 0.1) is 6.92 Å².